The molecule has 11 nitrogen and oxygen atoms in total. The summed E-state index contributed by atoms with van der Waals surface area (Å²) >= 11 is 0. The molecule has 0 atom stereocenters. The molecule has 0 saturated carbocycles. The van der Waals surface area contributed by atoms with Gasteiger partial charge in [-0.2, -0.15) is 15.0 Å². The Hall–Kier alpha value is -3.83. The van der Waals surface area contributed by atoms with E-state index in [0.29, 0.717) is 24.0 Å². The molecule has 0 radical (unpaired) electrons. The maximum atomic E-state index is 12.3. The summed E-state index contributed by atoms with van der Waals surface area (Å²) in [5.74, 6) is 0.649. The lowest BCUT2D eigenvalue weighted by atomic mass is 10.3. The monoisotopic (exact) mass is 449 g/mol. The number of para-hydroxylation sites is 1. The Balaban J connectivity index is 1.39. The zero-order valence-electron chi connectivity index (χ0n) is 18.2. The SMILES string of the molecule is O=C(NNc1nc(NCCCN2CCOCC2)nc(Nc2ccccc2)n1)c1ccncc1. The van der Waals surface area contributed by atoms with Gasteiger partial charge in [0.1, 0.15) is 0 Å². The summed E-state index contributed by atoms with van der Waals surface area (Å²) in [5, 5.41) is 6.41. The first-order valence-corrected chi connectivity index (χ1v) is 10.8. The van der Waals surface area contributed by atoms with E-state index in [1.165, 1.54) is 0 Å². The Morgan fingerprint density at radius 1 is 0.939 bits per heavy atom. The Kier molecular flexibility index (Phi) is 7.93. The highest BCUT2D eigenvalue weighted by atomic mass is 16.5. The number of ether oxygens (including phenoxy) is 1. The van der Waals surface area contributed by atoms with E-state index in [2.05, 4.69) is 46.3 Å². The van der Waals surface area contributed by atoms with Gasteiger partial charge in [0.2, 0.25) is 17.8 Å². The Bertz CT molecular complexity index is 1010. The highest BCUT2D eigenvalue weighted by Gasteiger charge is 2.11. The van der Waals surface area contributed by atoms with E-state index in [-0.39, 0.29) is 11.9 Å². The summed E-state index contributed by atoms with van der Waals surface area (Å²) in [7, 11) is 0. The van der Waals surface area contributed by atoms with Gasteiger partial charge in [-0.25, -0.2) is 0 Å². The number of nitrogens with one attached hydrogen (secondary N) is 4. The van der Waals surface area contributed by atoms with Crippen molar-refractivity contribution in [3.8, 4) is 0 Å². The van der Waals surface area contributed by atoms with Gasteiger partial charge < -0.3 is 15.4 Å². The zero-order chi connectivity index (χ0) is 22.7. The topological polar surface area (TPSA) is 129 Å². The minimum absolute atomic E-state index is 0.210. The molecule has 4 N–H and O–H groups in total. The van der Waals surface area contributed by atoms with Crippen LogP contribution < -0.4 is 21.5 Å². The molecule has 1 aliphatic rings. The molecule has 3 aromatic rings. The normalized spacial score (nSPS) is 13.8. The number of pyridine rings is 1. The summed E-state index contributed by atoms with van der Waals surface area (Å²) in [4.78, 5) is 31.8. The van der Waals surface area contributed by atoms with Crippen molar-refractivity contribution in [2.75, 3.05) is 55.5 Å². The maximum absolute atomic E-state index is 12.3. The second kappa shape index (κ2) is 11.7. The van der Waals surface area contributed by atoms with Gasteiger partial charge in [-0.3, -0.25) is 25.5 Å². The average Bonchev–Trinajstić information content (AvgIpc) is 2.87. The number of nitrogens with zero attached hydrogens (tertiary/aromatic N) is 5. The Labute approximate surface area is 192 Å². The van der Waals surface area contributed by atoms with Gasteiger partial charge >= 0.3 is 0 Å². The smallest absolute Gasteiger partial charge is 0.269 e. The van der Waals surface area contributed by atoms with Crippen LogP contribution in [0.15, 0.2) is 54.9 Å². The highest BCUT2D eigenvalue weighted by Crippen LogP contribution is 2.15. The van der Waals surface area contributed by atoms with Crippen LogP contribution in [0.2, 0.25) is 0 Å². The molecule has 0 spiro atoms. The van der Waals surface area contributed by atoms with E-state index in [1.54, 1.807) is 24.5 Å². The number of carbonyl (C=O) groups is 1. The van der Waals surface area contributed by atoms with Crippen LogP contribution in [0.5, 0.6) is 0 Å². The van der Waals surface area contributed by atoms with E-state index < -0.39 is 0 Å². The number of amides is 1. The molecule has 1 saturated heterocycles. The van der Waals surface area contributed by atoms with E-state index in [4.69, 9.17) is 4.74 Å². The summed E-state index contributed by atoms with van der Waals surface area (Å²) in [6.45, 7) is 5.17. The molecule has 172 valence electrons. The number of morpholine rings is 1. The van der Waals surface area contributed by atoms with Crippen molar-refractivity contribution in [2.24, 2.45) is 0 Å². The molecule has 11 heteroatoms. The highest BCUT2D eigenvalue weighted by molar-refractivity contribution is 5.94. The second-order valence-electron chi connectivity index (χ2n) is 7.35. The predicted octanol–water partition coefficient (Wildman–Crippen LogP) is 1.90. The van der Waals surface area contributed by atoms with E-state index in [0.717, 1.165) is 45.0 Å². The number of carbonyl (C=O) groups excluding carboxylic acids is 1. The maximum Gasteiger partial charge on any atom is 0.269 e. The molecule has 1 fully saturated rings. The van der Waals surface area contributed by atoms with Gasteiger partial charge in [-0.15, -0.1) is 0 Å². The van der Waals surface area contributed by atoms with Crippen molar-refractivity contribution in [3.63, 3.8) is 0 Å². The van der Waals surface area contributed by atoms with Gasteiger partial charge in [-0.1, -0.05) is 18.2 Å². The van der Waals surface area contributed by atoms with E-state index >= 15 is 0 Å². The molecule has 0 bridgehead atoms. The molecule has 3 heterocycles. The van der Waals surface area contributed by atoms with Crippen LogP contribution in [0.1, 0.15) is 16.8 Å². The minimum Gasteiger partial charge on any atom is -0.379 e. The lowest BCUT2D eigenvalue weighted by Gasteiger charge is -2.26. The van der Waals surface area contributed by atoms with Gasteiger partial charge in [0.05, 0.1) is 13.2 Å². The standard InChI is InChI=1S/C22H27N9O2/c32-19(17-7-10-23-11-8-17)29-30-22-27-20(24-9-4-12-31-13-15-33-16-14-31)26-21(28-22)25-18-5-2-1-3-6-18/h1-3,5-8,10-11H,4,9,12-16H2,(H,29,32)(H3,24,25,26,27,28,30). The molecule has 1 amide bonds. The fourth-order valence-electron chi connectivity index (χ4n) is 3.23. The lowest BCUT2D eigenvalue weighted by Crippen LogP contribution is -2.37. The molecular weight excluding hydrogens is 422 g/mol. The summed E-state index contributed by atoms with van der Waals surface area (Å²) in [6.07, 6.45) is 4.05. The number of hydrogen-bond donors (Lipinski definition) is 4. The van der Waals surface area contributed by atoms with Crippen LogP contribution in [0.3, 0.4) is 0 Å². The zero-order valence-corrected chi connectivity index (χ0v) is 18.2. The van der Waals surface area contributed by atoms with Crippen LogP contribution in [0.4, 0.5) is 23.5 Å². The third-order valence-electron chi connectivity index (χ3n) is 4.93. The van der Waals surface area contributed by atoms with Crippen LogP contribution in [-0.2, 0) is 4.74 Å². The van der Waals surface area contributed by atoms with Crippen LogP contribution in [0.25, 0.3) is 0 Å². The second-order valence-corrected chi connectivity index (χ2v) is 7.35. The molecule has 2 aromatic heterocycles. The van der Waals surface area contributed by atoms with Crippen LogP contribution in [-0.4, -0.2) is 70.1 Å². The summed E-state index contributed by atoms with van der Waals surface area (Å²) < 4.78 is 5.39. The van der Waals surface area contributed by atoms with Gasteiger partial charge in [0.15, 0.2) is 0 Å². The van der Waals surface area contributed by atoms with Crippen LogP contribution in [0, 0.1) is 0 Å². The molecule has 0 aliphatic carbocycles. The molecule has 4 rings (SSSR count). The van der Waals surface area contributed by atoms with Crippen LogP contribution >= 0.6 is 0 Å². The van der Waals surface area contributed by atoms with Crippen molar-refractivity contribution in [1.29, 1.82) is 0 Å². The quantitative estimate of drug-likeness (QED) is 0.269. The van der Waals surface area contributed by atoms with Gasteiger partial charge in [0, 0.05) is 43.3 Å². The third-order valence-corrected chi connectivity index (χ3v) is 4.93. The largest absolute Gasteiger partial charge is 0.379 e. The fourth-order valence-corrected chi connectivity index (χ4v) is 3.23. The lowest BCUT2D eigenvalue weighted by molar-refractivity contribution is 0.0378. The van der Waals surface area contributed by atoms with Gasteiger partial charge in [-0.05, 0) is 37.2 Å². The average molecular weight is 450 g/mol. The van der Waals surface area contributed by atoms with Crippen molar-refractivity contribution in [3.05, 3.63) is 60.4 Å². The predicted molar refractivity (Wildman–Crippen MR) is 125 cm³/mol. The first kappa shape index (κ1) is 22.4. The first-order chi connectivity index (χ1) is 16.3. The number of aromatic nitrogens is 4. The first-order valence-electron chi connectivity index (χ1n) is 10.8. The molecule has 33 heavy (non-hydrogen) atoms. The molecule has 0 unspecified atom stereocenters. The number of rotatable bonds is 10. The number of hydrogen-bond acceptors (Lipinski definition) is 10. The van der Waals surface area contributed by atoms with E-state index in [1.807, 2.05) is 30.3 Å². The van der Waals surface area contributed by atoms with Crippen molar-refractivity contribution >= 4 is 29.4 Å². The third kappa shape index (κ3) is 7.09. The Morgan fingerprint density at radius 3 is 2.45 bits per heavy atom. The number of anilines is 4. The molecule has 1 aromatic carbocycles. The van der Waals surface area contributed by atoms with E-state index in [9.17, 15) is 4.79 Å². The molecule has 1 aliphatic heterocycles. The van der Waals surface area contributed by atoms with Gasteiger partial charge in [0.25, 0.3) is 5.91 Å². The summed E-state index contributed by atoms with van der Waals surface area (Å²) in [5.41, 5.74) is 6.68. The Morgan fingerprint density at radius 2 is 1.67 bits per heavy atom. The number of benzene rings is 1. The number of hydrazine groups is 1. The molecular formula is C22H27N9O2. The van der Waals surface area contributed by atoms with Crippen molar-refractivity contribution < 1.29 is 9.53 Å². The van der Waals surface area contributed by atoms with Crippen molar-refractivity contribution in [2.45, 2.75) is 6.42 Å². The fraction of sp³-hybridized carbons (Fsp3) is 0.318. The summed E-state index contributed by atoms with van der Waals surface area (Å²) in [6, 6.07) is 12.8. The van der Waals surface area contributed by atoms with Crippen molar-refractivity contribution in [1.82, 2.24) is 30.3 Å². The minimum atomic E-state index is -0.324.